The SMILES string of the molecule is CN=C(NCc1ccc(N2CCOCC2)cc1)NCC(C)Oc1ccc(F)cc1. The molecule has 1 aliphatic rings. The van der Waals surface area contributed by atoms with Gasteiger partial charge in [-0.1, -0.05) is 12.1 Å². The van der Waals surface area contributed by atoms with E-state index in [1.165, 1.54) is 23.4 Å². The molecular formula is C22H29FN4O2. The normalized spacial score (nSPS) is 15.7. The molecule has 1 unspecified atom stereocenters. The second-order valence-electron chi connectivity index (χ2n) is 6.95. The van der Waals surface area contributed by atoms with E-state index < -0.39 is 0 Å². The van der Waals surface area contributed by atoms with Crippen molar-refractivity contribution < 1.29 is 13.9 Å². The number of ether oxygens (including phenoxy) is 2. The Balaban J connectivity index is 1.42. The Kier molecular flexibility index (Phi) is 7.69. The molecule has 1 aliphatic heterocycles. The molecule has 1 heterocycles. The fourth-order valence-electron chi connectivity index (χ4n) is 3.08. The molecule has 0 aliphatic carbocycles. The lowest BCUT2D eigenvalue weighted by molar-refractivity contribution is 0.122. The lowest BCUT2D eigenvalue weighted by Gasteiger charge is -2.29. The first-order valence-corrected chi connectivity index (χ1v) is 9.92. The van der Waals surface area contributed by atoms with E-state index in [4.69, 9.17) is 9.47 Å². The van der Waals surface area contributed by atoms with Gasteiger partial charge in [0.15, 0.2) is 5.96 Å². The number of hydrogen-bond acceptors (Lipinski definition) is 4. The molecule has 7 heteroatoms. The van der Waals surface area contributed by atoms with Crippen LogP contribution >= 0.6 is 0 Å². The summed E-state index contributed by atoms with van der Waals surface area (Å²) in [5, 5.41) is 6.56. The standard InChI is InChI=1S/C22H29FN4O2/c1-17(29-21-9-5-19(23)6-10-21)15-25-22(24-2)26-16-18-3-7-20(8-4-18)27-11-13-28-14-12-27/h3-10,17H,11-16H2,1-2H3,(H2,24,25,26). The summed E-state index contributed by atoms with van der Waals surface area (Å²) in [6, 6.07) is 14.6. The van der Waals surface area contributed by atoms with Gasteiger partial charge < -0.3 is 25.0 Å². The van der Waals surface area contributed by atoms with Crippen LogP contribution in [0.1, 0.15) is 12.5 Å². The summed E-state index contributed by atoms with van der Waals surface area (Å²) in [5.41, 5.74) is 2.41. The zero-order valence-corrected chi connectivity index (χ0v) is 17.0. The van der Waals surface area contributed by atoms with Gasteiger partial charge in [0.2, 0.25) is 0 Å². The van der Waals surface area contributed by atoms with E-state index in [0.29, 0.717) is 24.8 Å². The Morgan fingerprint density at radius 1 is 1.10 bits per heavy atom. The number of benzene rings is 2. The van der Waals surface area contributed by atoms with Crippen LogP contribution in [0.15, 0.2) is 53.5 Å². The Hall–Kier alpha value is -2.80. The topological polar surface area (TPSA) is 58.1 Å². The van der Waals surface area contributed by atoms with Gasteiger partial charge in [0.05, 0.1) is 19.8 Å². The van der Waals surface area contributed by atoms with Crippen molar-refractivity contribution in [3.63, 3.8) is 0 Å². The molecule has 2 aromatic carbocycles. The summed E-state index contributed by atoms with van der Waals surface area (Å²) < 4.78 is 24.1. The van der Waals surface area contributed by atoms with Crippen molar-refractivity contribution in [1.82, 2.24) is 10.6 Å². The first-order chi connectivity index (χ1) is 14.1. The monoisotopic (exact) mass is 400 g/mol. The number of nitrogens with zero attached hydrogens (tertiary/aromatic N) is 2. The maximum atomic E-state index is 13.0. The lowest BCUT2D eigenvalue weighted by atomic mass is 10.2. The van der Waals surface area contributed by atoms with Crippen molar-refractivity contribution in [2.24, 2.45) is 4.99 Å². The van der Waals surface area contributed by atoms with Crippen LogP contribution in [0.4, 0.5) is 10.1 Å². The molecule has 1 atom stereocenters. The largest absolute Gasteiger partial charge is 0.489 e. The molecular weight excluding hydrogens is 371 g/mol. The van der Waals surface area contributed by atoms with Crippen LogP contribution in [0, 0.1) is 5.82 Å². The molecule has 3 rings (SSSR count). The molecule has 0 bridgehead atoms. The summed E-state index contributed by atoms with van der Waals surface area (Å²) in [4.78, 5) is 6.59. The maximum absolute atomic E-state index is 13.0. The van der Waals surface area contributed by atoms with Crippen molar-refractivity contribution in [2.45, 2.75) is 19.6 Å². The van der Waals surface area contributed by atoms with Gasteiger partial charge >= 0.3 is 0 Å². The average Bonchev–Trinajstić information content (AvgIpc) is 2.76. The summed E-state index contributed by atoms with van der Waals surface area (Å²) in [6.07, 6.45) is -0.0909. The number of morpholine rings is 1. The van der Waals surface area contributed by atoms with E-state index in [9.17, 15) is 4.39 Å². The summed E-state index contributed by atoms with van der Waals surface area (Å²) in [7, 11) is 1.74. The highest BCUT2D eigenvalue weighted by molar-refractivity contribution is 5.79. The van der Waals surface area contributed by atoms with Gasteiger partial charge in [0.25, 0.3) is 0 Å². The zero-order valence-electron chi connectivity index (χ0n) is 17.0. The predicted octanol–water partition coefficient (Wildman–Crippen LogP) is 2.79. The Morgan fingerprint density at radius 3 is 2.45 bits per heavy atom. The van der Waals surface area contributed by atoms with Crippen LogP contribution in [-0.2, 0) is 11.3 Å². The average molecular weight is 400 g/mol. The van der Waals surface area contributed by atoms with E-state index in [-0.39, 0.29) is 11.9 Å². The minimum absolute atomic E-state index is 0.0909. The smallest absolute Gasteiger partial charge is 0.191 e. The van der Waals surface area contributed by atoms with E-state index in [1.807, 2.05) is 6.92 Å². The van der Waals surface area contributed by atoms with Crippen LogP contribution in [0.5, 0.6) is 5.75 Å². The summed E-state index contributed by atoms with van der Waals surface area (Å²) >= 11 is 0. The minimum atomic E-state index is -0.272. The molecule has 0 aromatic heterocycles. The van der Waals surface area contributed by atoms with Crippen molar-refractivity contribution in [2.75, 3.05) is 44.8 Å². The Labute approximate surface area is 171 Å². The molecule has 0 amide bonds. The molecule has 29 heavy (non-hydrogen) atoms. The molecule has 6 nitrogen and oxygen atoms in total. The van der Waals surface area contributed by atoms with Gasteiger partial charge in [-0.25, -0.2) is 4.39 Å². The molecule has 156 valence electrons. The highest BCUT2D eigenvalue weighted by Gasteiger charge is 2.11. The van der Waals surface area contributed by atoms with Crippen LogP contribution < -0.4 is 20.3 Å². The van der Waals surface area contributed by atoms with E-state index in [0.717, 1.165) is 26.3 Å². The second-order valence-corrected chi connectivity index (χ2v) is 6.95. The van der Waals surface area contributed by atoms with Gasteiger partial charge in [-0.05, 0) is 48.9 Å². The number of hydrogen-bond donors (Lipinski definition) is 2. The van der Waals surface area contributed by atoms with Gasteiger partial charge in [-0.15, -0.1) is 0 Å². The number of rotatable bonds is 7. The van der Waals surface area contributed by atoms with Gasteiger partial charge in [0.1, 0.15) is 17.7 Å². The van der Waals surface area contributed by atoms with Gasteiger partial charge in [-0.2, -0.15) is 0 Å². The first kappa shape index (κ1) is 20.9. The molecule has 0 radical (unpaired) electrons. The van der Waals surface area contributed by atoms with Crippen molar-refractivity contribution in [1.29, 1.82) is 0 Å². The fourth-order valence-corrected chi connectivity index (χ4v) is 3.08. The third kappa shape index (κ3) is 6.64. The molecule has 1 saturated heterocycles. The number of guanidine groups is 1. The fraction of sp³-hybridized carbons (Fsp3) is 0.409. The predicted molar refractivity (Wildman–Crippen MR) is 114 cm³/mol. The quantitative estimate of drug-likeness (QED) is 0.553. The van der Waals surface area contributed by atoms with Gasteiger partial charge in [-0.3, -0.25) is 4.99 Å². The third-order valence-corrected chi connectivity index (χ3v) is 4.70. The number of aliphatic imine (C=N–C) groups is 1. The highest BCUT2D eigenvalue weighted by atomic mass is 19.1. The van der Waals surface area contributed by atoms with Crippen LogP contribution in [-0.4, -0.2) is 52.0 Å². The minimum Gasteiger partial charge on any atom is -0.489 e. The third-order valence-electron chi connectivity index (χ3n) is 4.70. The van der Waals surface area contributed by atoms with E-state index in [1.54, 1.807) is 19.2 Å². The Bertz CT molecular complexity index is 774. The first-order valence-electron chi connectivity index (χ1n) is 9.92. The van der Waals surface area contributed by atoms with Crippen LogP contribution in [0.25, 0.3) is 0 Å². The molecule has 0 saturated carbocycles. The lowest BCUT2D eigenvalue weighted by Crippen LogP contribution is -2.41. The molecule has 2 N–H and O–H groups in total. The Morgan fingerprint density at radius 2 is 1.79 bits per heavy atom. The molecule has 2 aromatic rings. The van der Waals surface area contributed by atoms with Crippen LogP contribution in [0.3, 0.4) is 0 Å². The molecule has 0 spiro atoms. The summed E-state index contributed by atoms with van der Waals surface area (Å²) in [5.74, 6) is 1.08. The summed E-state index contributed by atoms with van der Waals surface area (Å²) in [6.45, 7) is 6.65. The maximum Gasteiger partial charge on any atom is 0.191 e. The number of anilines is 1. The number of halogens is 1. The zero-order chi connectivity index (χ0) is 20.5. The van der Waals surface area contributed by atoms with Crippen molar-refractivity contribution in [3.8, 4) is 5.75 Å². The second kappa shape index (κ2) is 10.7. The van der Waals surface area contributed by atoms with E-state index >= 15 is 0 Å². The van der Waals surface area contributed by atoms with Crippen molar-refractivity contribution >= 4 is 11.6 Å². The van der Waals surface area contributed by atoms with Crippen LogP contribution in [0.2, 0.25) is 0 Å². The van der Waals surface area contributed by atoms with Crippen molar-refractivity contribution in [3.05, 3.63) is 59.9 Å². The van der Waals surface area contributed by atoms with E-state index in [2.05, 4.69) is 44.8 Å². The highest BCUT2D eigenvalue weighted by Crippen LogP contribution is 2.16. The molecule has 1 fully saturated rings. The number of nitrogens with one attached hydrogen (secondary N) is 2. The van der Waals surface area contributed by atoms with Gasteiger partial charge in [0, 0.05) is 32.4 Å².